The molecule has 1 aromatic heterocycles. The number of hydrogen-bond donors (Lipinski definition) is 1. The van der Waals surface area contributed by atoms with Crippen molar-refractivity contribution in [3.63, 3.8) is 0 Å². The molecule has 1 atom stereocenters. The number of anilines is 1. The molecular formula is C21H32N4O2. The predicted octanol–water partition coefficient (Wildman–Crippen LogP) is 4.55. The van der Waals surface area contributed by atoms with Gasteiger partial charge in [-0.3, -0.25) is 4.90 Å². The first-order valence-corrected chi connectivity index (χ1v) is 9.71. The van der Waals surface area contributed by atoms with E-state index in [-0.39, 0.29) is 17.6 Å². The van der Waals surface area contributed by atoms with Crippen LogP contribution in [0, 0.1) is 0 Å². The highest BCUT2D eigenvalue weighted by atomic mass is 16.6. The maximum Gasteiger partial charge on any atom is 0.414 e. The highest BCUT2D eigenvalue weighted by Gasteiger charge is 2.29. The summed E-state index contributed by atoms with van der Waals surface area (Å²) in [6, 6.07) is 2.15. The molecule has 0 saturated heterocycles. The average Bonchev–Trinajstić information content (AvgIpc) is 2.94. The Hall–Kier alpha value is -2.24. The van der Waals surface area contributed by atoms with Crippen molar-refractivity contribution in [2.24, 2.45) is 0 Å². The zero-order valence-corrected chi connectivity index (χ0v) is 17.4. The van der Waals surface area contributed by atoms with E-state index in [0.29, 0.717) is 12.4 Å². The average molecular weight is 373 g/mol. The van der Waals surface area contributed by atoms with E-state index in [9.17, 15) is 4.79 Å². The molecule has 0 saturated carbocycles. The maximum absolute atomic E-state index is 12.3. The number of nitrogens with two attached hydrogens (primary N) is 1. The van der Waals surface area contributed by atoms with Gasteiger partial charge in [-0.05, 0) is 51.2 Å². The Bertz CT molecular complexity index is 790. The summed E-state index contributed by atoms with van der Waals surface area (Å²) in [6.45, 7) is 12.7. The Morgan fingerprint density at radius 2 is 1.89 bits per heavy atom. The molecule has 0 bridgehead atoms. The van der Waals surface area contributed by atoms with Crippen LogP contribution < -0.4 is 5.73 Å². The molecule has 148 valence electrons. The molecule has 2 aliphatic rings. The fourth-order valence-corrected chi connectivity index (χ4v) is 3.47. The van der Waals surface area contributed by atoms with Gasteiger partial charge >= 0.3 is 6.09 Å². The van der Waals surface area contributed by atoms with E-state index in [1.807, 2.05) is 37.7 Å². The normalized spacial score (nSPS) is 20.7. The number of ether oxygens (including phenoxy) is 1. The molecule has 6 nitrogen and oxygen atoms in total. The number of carbonyl (C=O) groups is 1. The van der Waals surface area contributed by atoms with Gasteiger partial charge < -0.3 is 10.5 Å². The summed E-state index contributed by atoms with van der Waals surface area (Å²) < 4.78 is 7.44. The van der Waals surface area contributed by atoms with Crippen molar-refractivity contribution in [1.82, 2.24) is 14.7 Å². The SMILES string of the molecule is CC(C)(C)OC(=O)N1C=C2CCC(n3nc(C(C)(C)C)cc3N)C=C2CC1. The minimum atomic E-state index is -0.480. The Morgan fingerprint density at radius 3 is 2.48 bits per heavy atom. The van der Waals surface area contributed by atoms with E-state index in [2.05, 4.69) is 26.8 Å². The number of carbonyl (C=O) groups excluding carboxylic acids is 1. The molecule has 1 amide bonds. The van der Waals surface area contributed by atoms with E-state index < -0.39 is 5.60 Å². The number of amides is 1. The van der Waals surface area contributed by atoms with Crippen molar-refractivity contribution < 1.29 is 9.53 Å². The molecule has 27 heavy (non-hydrogen) atoms. The zero-order valence-electron chi connectivity index (χ0n) is 17.4. The molecule has 3 rings (SSSR count). The molecule has 2 heterocycles. The smallest absolute Gasteiger partial charge is 0.414 e. The van der Waals surface area contributed by atoms with Crippen LogP contribution in [0.5, 0.6) is 0 Å². The summed E-state index contributed by atoms with van der Waals surface area (Å²) in [4.78, 5) is 14.0. The largest absolute Gasteiger partial charge is 0.443 e. The van der Waals surface area contributed by atoms with Gasteiger partial charge in [0.25, 0.3) is 0 Å². The predicted molar refractivity (Wildman–Crippen MR) is 107 cm³/mol. The van der Waals surface area contributed by atoms with Crippen LogP contribution in [-0.4, -0.2) is 32.9 Å². The molecule has 0 aromatic carbocycles. The lowest BCUT2D eigenvalue weighted by Gasteiger charge is -2.32. The van der Waals surface area contributed by atoms with Crippen molar-refractivity contribution >= 4 is 11.9 Å². The van der Waals surface area contributed by atoms with Crippen molar-refractivity contribution in [3.8, 4) is 0 Å². The van der Waals surface area contributed by atoms with Gasteiger partial charge in [-0.15, -0.1) is 0 Å². The quantitative estimate of drug-likeness (QED) is 0.785. The van der Waals surface area contributed by atoms with E-state index in [4.69, 9.17) is 15.6 Å². The number of nitrogen functional groups attached to an aromatic ring is 1. The summed E-state index contributed by atoms with van der Waals surface area (Å²) in [5.74, 6) is 0.709. The molecular weight excluding hydrogens is 340 g/mol. The Balaban J connectivity index is 1.79. The highest BCUT2D eigenvalue weighted by molar-refractivity contribution is 5.70. The third-order valence-electron chi connectivity index (χ3n) is 4.92. The van der Waals surface area contributed by atoms with Crippen LogP contribution in [0.15, 0.2) is 29.5 Å². The van der Waals surface area contributed by atoms with Crippen LogP contribution in [0.25, 0.3) is 0 Å². The molecule has 1 aliphatic carbocycles. The zero-order chi connectivity index (χ0) is 20.0. The lowest BCUT2D eigenvalue weighted by Crippen LogP contribution is -2.36. The van der Waals surface area contributed by atoms with Crippen LogP contribution in [-0.2, 0) is 10.2 Å². The van der Waals surface area contributed by atoms with Gasteiger partial charge in [0, 0.05) is 24.2 Å². The second-order valence-electron chi connectivity index (χ2n) is 9.53. The van der Waals surface area contributed by atoms with Crippen LogP contribution >= 0.6 is 0 Å². The monoisotopic (exact) mass is 372 g/mol. The van der Waals surface area contributed by atoms with Gasteiger partial charge in [0.1, 0.15) is 11.4 Å². The number of fused-ring (bicyclic) bond motifs is 1. The van der Waals surface area contributed by atoms with Gasteiger partial charge in [-0.1, -0.05) is 26.8 Å². The van der Waals surface area contributed by atoms with Crippen LogP contribution in [0.1, 0.15) is 72.5 Å². The topological polar surface area (TPSA) is 73.4 Å². The first kappa shape index (κ1) is 19.5. The first-order chi connectivity index (χ1) is 12.4. The van der Waals surface area contributed by atoms with Crippen molar-refractivity contribution in [1.29, 1.82) is 0 Å². The van der Waals surface area contributed by atoms with Gasteiger partial charge in [-0.25, -0.2) is 9.48 Å². The van der Waals surface area contributed by atoms with E-state index in [0.717, 1.165) is 25.0 Å². The van der Waals surface area contributed by atoms with Gasteiger partial charge in [0.2, 0.25) is 0 Å². The maximum atomic E-state index is 12.3. The number of aromatic nitrogens is 2. The van der Waals surface area contributed by atoms with Crippen LogP contribution in [0.4, 0.5) is 10.6 Å². The number of hydrogen-bond acceptors (Lipinski definition) is 4. The summed E-state index contributed by atoms with van der Waals surface area (Å²) in [5.41, 5.74) is 9.26. The number of rotatable bonds is 1. The van der Waals surface area contributed by atoms with Gasteiger partial charge in [0.15, 0.2) is 0 Å². The van der Waals surface area contributed by atoms with Crippen LogP contribution in [0.3, 0.4) is 0 Å². The molecule has 0 fully saturated rings. The number of allylic oxidation sites excluding steroid dienone is 2. The molecule has 1 aliphatic heterocycles. The second-order valence-corrected chi connectivity index (χ2v) is 9.53. The lowest BCUT2D eigenvalue weighted by atomic mass is 9.87. The molecule has 0 spiro atoms. The Morgan fingerprint density at radius 1 is 1.19 bits per heavy atom. The van der Waals surface area contributed by atoms with E-state index in [1.165, 1.54) is 11.1 Å². The fraction of sp³-hybridized carbons (Fsp3) is 0.619. The summed E-state index contributed by atoms with van der Waals surface area (Å²) in [6.07, 6.45) is 6.59. The minimum absolute atomic E-state index is 0.0228. The molecule has 1 aromatic rings. The third-order valence-corrected chi connectivity index (χ3v) is 4.92. The van der Waals surface area contributed by atoms with Crippen LogP contribution in [0.2, 0.25) is 0 Å². The van der Waals surface area contributed by atoms with E-state index in [1.54, 1.807) is 4.90 Å². The third kappa shape index (κ3) is 4.37. The lowest BCUT2D eigenvalue weighted by molar-refractivity contribution is 0.0330. The minimum Gasteiger partial charge on any atom is -0.443 e. The second kappa shape index (κ2) is 6.73. The summed E-state index contributed by atoms with van der Waals surface area (Å²) >= 11 is 0. The summed E-state index contributed by atoms with van der Waals surface area (Å²) in [5, 5.41) is 4.77. The molecule has 1 unspecified atom stereocenters. The number of nitrogens with zero attached hydrogens (tertiary/aromatic N) is 3. The summed E-state index contributed by atoms with van der Waals surface area (Å²) in [7, 11) is 0. The molecule has 6 heteroatoms. The van der Waals surface area contributed by atoms with Gasteiger partial charge in [0.05, 0.1) is 11.7 Å². The van der Waals surface area contributed by atoms with Gasteiger partial charge in [-0.2, -0.15) is 5.10 Å². The van der Waals surface area contributed by atoms with Crippen molar-refractivity contribution in [2.75, 3.05) is 12.3 Å². The first-order valence-electron chi connectivity index (χ1n) is 9.71. The Labute approximate surface area is 162 Å². The molecule has 0 radical (unpaired) electrons. The van der Waals surface area contributed by atoms with Crippen molar-refractivity contribution in [2.45, 2.75) is 77.9 Å². The van der Waals surface area contributed by atoms with E-state index >= 15 is 0 Å². The Kier molecular flexibility index (Phi) is 4.87. The standard InChI is InChI=1S/C21H32N4O2/c1-20(2,3)17-12-18(22)25(23-17)16-8-7-15-13-24(10-9-14(15)11-16)19(26)27-21(4,5)6/h11-13,16H,7-10,22H2,1-6H3. The highest BCUT2D eigenvalue weighted by Crippen LogP contribution is 2.37. The molecule has 2 N–H and O–H groups in total. The van der Waals surface area contributed by atoms with Crippen molar-refractivity contribution in [3.05, 3.63) is 35.2 Å². The fourth-order valence-electron chi connectivity index (χ4n) is 3.47.